The average Bonchev–Trinajstić information content (AvgIpc) is 3.56. The van der Waals surface area contributed by atoms with Crippen LogP contribution in [0.4, 0.5) is 5.69 Å². The summed E-state index contributed by atoms with van der Waals surface area (Å²) in [5.74, 6) is -0.295. The molecule has 5 N–H and O–H groups in total. The Hall–Kier alpha value is -4.41. The molecule has 2 unspecified atom stereocenters. The van der Waals surface area contributed by atoms with Crippen molar-refractivity contribution in [1.29, 1.82) is 5.41 Å². The first-order valence-corrected chi connectivity index (χ1v) is 18.1. The van der Waals surface area contributed by atoms with Gasteiger partial charge in [-0.05, 0) is 66.3 Å². The normalized spacial score (nSPS) is 17.6. The van der Waals surface area contributed by atoms with Crippen molar-refractivity contribution in [3.05, 3.63) is 105 Å². The van der Waals surface area contributed by atoms with Crippen LogP contribution in [0.15, 0.2) is 72.8 Å². The summed E-state index contributed by atoms with van der Waals surface area (Å²) in [5.41, 5.74) is 7.92. The van der Waals surface area contributed by atoms with Crippen molar-refractivity contribution >= 4 is 47.0 Å². The Balaban J connectivity index is 1.15. The molecule has 2 fully saturated rings. The van der Waals surface area contributed by atoms with Crippen LogP contribution < -0.4 is 20.7 Å². The molecule has 0 radical (unpaired) electrons. The molecule has 11 heteroatoms. The first-order valence-electron chi connectivity index (χ1n) is 17.3. The predicted octanol–water partition coefficient (Wildman–Crippen LogP) is 7.61. The number of carboxylic acids is 1. The number of piperidine rings is 1. The Morgan fingerprint density at radius 2 is 1.78 bits per heavy atom. The number of carbonyl (C=O) groups is 2. The number of nitrogens with zero attached hydrogens (tertiary/aromatic N) is 1. The molecule has 51 heavy (non-hydrogen) atoms. The average molecular weight is 729 g/mol. The van der Waals surface area contributed by atoms with Crippen LogP contribution >= 0.6 is 23.2 Å². The number of benzene rings is 4. The highest BCUT2D eigenvalue weighted by Crippen LogP contribution is 2.39. The van der Waals surface area contributed by atoms with Crippen molar-refractivity contribution in [3.63, 3.8) is 0 Å². The number of rotatable bonds is 14. The van der Waals surface area contributed by atoms with E-state index in [-0.39, 0.29) is 17.9 Å². The van der Waals surface area contributed by atoms with Crippen molar-refractivity contribution in [2.45, 2.75) is 51.4 Å². The van der Waals surface area contributed by atoms with Gasteiger partial charge in [-0.2, -0.15) is 0 Å². The van der Waals surface area contributed by atoms with Gasteiger partial charge < -0.3 is 31.2 Å². The minimum atomic E-state index is -0.752. The lowest BCUT2D eigenvalue weighted by Gasteiger charge is -2.31. The summed E-state index contributed by atoms with van der Waals surface area (Å²) in [6.07, 6.45) is 4.35. The van der Waals surface area contributed by atoms with Gasteiger partial charge in [0.15, 0.2) is 0 Å². The van der Waals surface area contributed by atoms with Gasteiger partial charge in [-0.3, -0.25) is 14.5 Å². The number of hydrogen-bond donors (Lipinski definition) is 5. The Bertz CT molecular complexity index is 1900. The van der Waals surface area contributed by atoms with Gasteiger partial charge in [0, 0.05) is 84.4 Å². The zero-order valence-corrected chi connectivity index (χ0v) is 30.1. The molecular formula is C40H43Cl2N5O4. The fourth-order valence-electron chi connectivity index (χ4n) is 7.01. The smallest absolute Gasteiger partial charge is 0.307 e. The van der Waals surface area contributed by atoms with E-state index in [2.05, 4.69) is 45.1 Å². The van der Waals surface area contributed by atoms with Gasteiger partial charge in [0.25, 0.3) is 0 Å². The molecule has 0 spiro atoms. The molecule has 2 saturated heterocycles. The number of carboxylic acid groups (broad SMARTS) is 1. The summed E-state index contributed by atoms with van der Waals surface area (Å²) in [5, 5.41) is 28.9. The second kappa shape index (κ2) is 16.7. The number of carbonyl (C=O) groups excluding carboxylic acids is 1. The highest BCUT2D eigenvalue weighted by atomic mass is 35.5. The molecule has 0 aromatic heterocycles. The van der Waals surface area contributed by atoms with E-state index in [1.165, 1.54) is 6.21 Å². The summed E-state index contributed by atoms with van der Waals surface area (Å²) in [6.45, 7) is 3.74. The van der Waals surface area contributed by atoms with E-state index in [9.17, 15) is 14.7 Å². The van der Waals surface area contributed by atoms with Gasteiger partial charge >= 0.3 is 5.97 Å². The number of anilines is 1. The van der Waals surface area contributed by atoms with Gasteiger partial charge in [-0.15, -0.1) is 0 Å². The fraction of sp³-hybridized carbons (Fsp3) is 0.325. The number of halogens is 2. The minimum Gasteiger partial charge on any atom is -0.496 e. The predicted molar refractivity (Wildman–Crippen MR) is 204 cm³/mol. The number of aliphatic carboxylic acids is 1. The Kier molecular flexibility index (Phi) is 11.9. The lowest BCUT2D eigenvalue weighted by molar-refractivity contribution is -0.143. The van der Waals surface area contributed by atoms with Gasteiger partial charge in [-0.1, -0.05) is 77.8 Å². The van der Waals surface area contributed by atoms with E-state index in [4.69, 9.17) is 33.3 Å². The Labute approximate surface area is 308 Å². The largest absolute Gasteiger partial charge is 0.496 e. The van der Waals surface area contributed by atoms with Crippen LogP contribution in [0.3, 0.4) is 0 Å². The van der Waals surface area contributed by atoms with Crippen LogP contribution in [0.25, 0.3) is 22.3 Å². The third kappa shape index (κ3) is 8.73. The molecule has 266 valence electrons. The molecule has 2 atom stereocenters. The lowest BCUT2D eigenvalue weighted by atomic mass is 9.94. The summed E-state index contributed by atoms with van der Waals surface area (Å²) in [4.78, 5) is 25.2. The molecule has 2 aliphatic heterocycles. The fourth-order valence-corrected chi connectivity index (χ4v) is 7.60. The number of nitrogens with one attached hydrogen (secondary N) is 4. The number of methoxy groups -OCH3 is 1. The topological polar surface area (TPSA) is 127 Å². The highest BCUT2D eigenvalue weighted by Gasteiger charge is 2.26. The second-order valence-corrected chi connectivity index (χ2v) is 14.0. The molecule has 4 aromatic carbocycles. The molecule has 0 aliphatic carbocycles. The molecule has 2 aliphatic rings. The zero-order valence-electron chi connectivity index (χ0n) is 28.6. The van der Waals surface area contributed by atoms with E-state index >= 15 is 0 Å². The summed E-state index contributed by atoms with van der Waals surface area (Å²) < 4.78 is 5.74. The molecule has 0 bridgehead atoms. The number of likely N-dealkylation sites (tertiary alicyclic amines) is 1. The van der Waals surface area contributed by atoms with Crippen molar-refractivity contribution in [1.82, 2.24) is 15.5 Å². The van der Waals surface area contributed by atoms with Gasteiger partial charge in [-0.25, -0.2) is 0 Å². The minimum absolute atomic E-state index is 0.123. The van der Waals surface area contributed by atoms with E-state index < -0.39 is 5.97 Å². The van der Waals surface area contributed by atoms with Gasteiger partial charge in [0.2, 0.25) is 5.91 Å². The maximum absolute atomic E-state index is 11.6. The van der Waals surface area contributed by atoms with E-state index in [1.54, 1.807) is 7.11 Å². The zero-order chi connectivity index (χ0) is 35.9. The molecule has 9 nitrogen and oxygen atoms in total. The highest BCUT2D eigenvalue weighted by molar-refractivity contribution is 6.36. The van der Waals surface area contributed by atoms with Crippen LogP contribution in [0.1, 0.15) is 47.9 Å². The van der Waals surface area contributed by atoms with Crippen LogP contribution in [-0.4, -0.2) is 60.9 Å². The molecule has 1 amide bonds. The molecule has 2 heterocycles. The Morgan fingerprint density at radius 1 is 1.02 bits per heavy atom. The maximum atomic E-state index is 11.6. The van der Waals surface area contributed by atoms with Gasteiger partial charge in [0.05, 0.1) is 18.1 Å². The number of hydrogen-bond acceptors (Lipinski definition) is 7. The molecule has 0 saturated carbocycles. The third-order valence-electron chi connectivity index (χ3n) is 9.78. The van der Waals surface area contributed by atoms with Crippen molar-refractivity contribution in [2.24, 2.45) is 5.92 Å². The molecular weight excluding hydrogens is 685 g/mol. The van der Waals surface area contributed by atoms with Crippen LogP contribution in [0.5, 0.6) is 5.75 Å². The monoisotopic (exact) mass is 727 g/mol. The molecule has 4 aromatic rings. The Morgan fingerprint density at radius 3 is 2.51 bits per heavy atom. The lowest BCUT2D eigenvalue weighted by Crippen LogP contribution is -2.38. The van der Waals surface area contributed by atoms with Crippen molar-refractivity contribution in [2.75, 3.05) is 32.1 Å². The van der Waals surface area contributed by atoms with E-state index in [1.807, 2.05) is 48.5 Å². The number of ether oxygens (including phenoxy) is 1. The SMILES string of the molecule is COc1cc(CNc2cccc(-c3cccc(-c4ccc(CNCC5CCC(=O)N5)cc4)c3Cl)c2C=N)c(Cl)cc1CN1CCCC(C(=O)O)C1. The van der Waals surface area contributed by atoms with E-state index in [0.717, 1.165) is 70.6 Å². The van der Waals surface area contributed by atoms with Crippen LogP contribution in [-0.2, 0) is 29.2 Å². The van der Waals surface area contributed by atoms with E-state index in [0.29, 0.717) is 60.4 Å². The molecule has 6 rings (SSSR count). The second-order valence-electron chi connectivity index (χ2n) is 13.2. The first kappa shape index (κ1) is 36.4. The summed E-state index contributed by atoms with van der Waals surface area (Å²) in [6, 6.07) is 24.1. The number of amides is 1. The summed E-state index contributed by atoms with van der Waals surface area (Å²) >= 11 is 13.9. The van der Waals surface area contributed by atoms with Crippen LogP contribution in [0, 0.1) is 11.3 Å². The van der Waals surface area contributed by atoms with Crippen molar-refractivity contribution < 1.29 is 19.4 Å². The first-order chi connectivity index (χ1) is 24.7. The quantitative estimate of drug-likeness (QED) is 0.0847. The standard InChI is InChI=1S/C40H43Cl2N5O4/c1-51-37-18-28(35(41)17-29(37)24-47-16-4-5-27(23-47)40(49)50)21-45-36-9-3-7-32(34(36)19-43)33-8-2-6-31(39(33)42)26-12-10-25(11-13-26)20-44-22-30-14-15-38(48)46-30/h2-3,6-13,17-19,27,30,43-45H,4-5,14-16,20-24H2,1H3,(H,46,48)(H,49,50). The third-order valence-corrected chi connectivity index (χ3v) is 10.5. The van der Waals surface area contributed by atoms with Gasteiger partial charge in [0.1, 0.15) is 5.75 Å². The van der Waals surface area contributed by atoms with Crippen LogP contribution in [0.2, 0.25) is 10.0 Å². The maximum Gasteiger partial charge on any atom is 0.307 e. The summed E-state index contributed by atoms with van der Waals surface area (Å²) in [7, 11) is 1.63. The van der Waals surface area contributed by atoms with Crippen molar-refractivity contribution in [3.8, 4) is 28.0 Å².